The molecular formula is C73H138N2O6P+. The van der Waals surface area contributed by atoms with E-state index in [1.807, 2.05) is 27.2 Å². The number of hydrogen-bond acceptors (Lipinski definition) is 5. The molecule has 0 heterocycles. The summed E-state index contributed by atoms with van der Waals surface area (Å²) in [6.07, 6.45) is 89.1. The lowest BCUT2D eigenvalue weighted by atomic mass is 10.0. The summed E-state index contributed by atoms with van der Waals surface area (Å²) in [6, 6.07) is -0.848. The smallest absolute Gasteiger partial charge is 0.387 e. The first-order valence-electron chi connectivity index (χ1n) is 35.3. The van der Waals surface area contributed by atoms with Gasteiger partial charge in [0.05, 0.1) is 39.9 Å². The van der Waals surface area contributed by atoms with Crippen LogP contribution in [-0.2, 0) is 18.4 Å². The molecule has 3 N–H and O–H groups in total. The number of quaternary nitrogens is 1. The molecule has 9 heteroatoms. The van der Waals surface area contributed by atoms with E-state index < -0.39 is 20.0 Å². The standard InChI is InChI=1S/C73H137N2O6P/c1-6-8-10-12-14-16-18-20-22-24-26-28-29-30-31-32-33-34-35-36-37-38-39-40-41-42-43-44-45-47-49-51-53-55-57-59-61-63-65-67-73(77)74-71(70-81-82(78,79)80-69-68-75(3,4)5)72(76)66-64-62-60-58-56-54-52-50-48-46-27-25-23-21-19-17-15-13-11-9-7-2/h8,10,14,16,20,22,26,28,30-31,64,66,71-72,76H,6-7,9,11-13,15,17-19,21,23-25,27,29,32-63,65,67-70H2,1-5H3,(H-,74,77,78,79)/p+1/b10-8-,16-14-,22-20-,28-26-,31-30-,66-64+. The fraction of sp³-hybridized carbons (Fsp3) is 0.822. The van der Waals surface area contributed by atoms with Crippen molar-refractivity contribution in [3.8, 4) is 0 Å². The van der Waals surface area contributed by atoms with Gasteiger partial charge in [-0.1, -0.05) is 337 Å². The number of carbonyl (C=O) groups excluding carboxylic acids is 1. The molecular weight excluding hydrogens is 1030 g/mol. The predicted molar refractivity (Wildman–Crippen MR) is 360 cm³/mol. The number of carbonyl (C=O) groups is 1. The quantitative estimate of drug-likeness (QED) is 0.0243. The van der Waals surface area contributed by atoms with Crippen LogP contribution in [0.15, 0.2) is 72.9 Å². The summed E-state index contributed by atoms with van der Waals surface area (Å²) in [5, 5.41) is 14.0. The summed E-state index contributed by atoms with van der Waals surface area (Å²) < 4.78 is 23.8. The molecule has 8 nitrogen and oxygen atoms in total. The van der Waals surface area contributed by atoms with Crippen molar-refractivity contribution in [3.05, 3.63) is 72.9 Å². The fourth-order valence-corrected chi connectivity index (χ4v) is 11.2. The molecule has 3 atom stereocenters. The van der Waals surface area contributed by atoms with Crippen LogP contribution in [0.4, 0.5) is 0 Å². The van der Waals surface area contributed by atoms with Gasteiger partial charge in [-0.25, -0.2) is 4.57 Å². The second-order valence-corrected chi connectivity index (χ2v) is 26.7. The molecule has 0 saturated heterocycles. The van der Waals surface area contributed by atoms with Crippen molar-refractivity contribution in [2.24, 2.45) is 0 Å². The minimum absolute atomic E-state index is 0.0623. The highest BCUT2D eigenvalue weighted by atomic mass is 31.2. The van der Waals surface area contributed by atoms with E-state index >= 15 is 0 Å². The van der Waals surface area contributed by atoms with Crippen LogP contribution in [0, 0.1) is 0 Å². The van der Waals surface area contributed by atoms with Crippen molar-refractivity contribution >= 4 is 13.7 Å². The molecule has 0 fully saturated rings. The molecule has 0 aliphatic rings. The average molecular weight is 1170 g/mol. The number of rotatable bonds is 65. The number of unbranched alkanes of at least 4 members (excludes halogenated alkanes) is 42. The maximum absolute atomic E-state index is 13.0. The zero-order chi connectivity index (χ0) is 59.8. The summed E-state index contributed by atoms with van der Waals surface area (Å²) in [5.74, 6) is -0.171. The van der Waals surface area contributed by atoms with Gasteiger partial charge in [0.15, 0.2) is 0 Å². The molecule has 3 unspecified atom stereocenters. The zero-order valence-corrected chi connectivity index (χ0v) is 55.9. The highest BCUT2D eigenvalue weighted by Gasteiger charge is 2.28. The Morgan fingerprint density at radius 3 is 1.07 bits per heavy atom. The number of likely N-dealkylation sites (N-methyl/N-ethyl adjacent to an activating group) is 1. The van der Waals surface area contributed by atoms with Crippen LogP contribution in [0.5, 0.6) is 0 Å². The van der Waals surface area contributed by atoms with E-state index in [-0.39, 0.29) is 19.1 Å². The van der Waals surface area contributed by atoms with Crippen LogP contribution in [0.1, 0.15) is 335 Å². The molecule has 480 valence electrons. The number of phosphoric acid groups is 1. The lowest BCUT2D eigenvalue weighted by Crippen LogP contribution is -2.45. The predicted octanol–water partition coefficient (Wildman–Crippen LogP) is 22.6. The number of aliphatic hydroxyl groups is 1. The third-order valence-corrected chi connectivity index (χ3v) is 16.9. The first kappa shape index (κ1) is 79.9. The first-order valence-corrected chi connectivity index (χ1v) is 36.8. The summed E-state index contributed by atoms with van der Waals surface area (Å²) in [4.78, 5) is 23.4. The van der Waals surface area contributed by atoms with Gasteiger partial charge in [-0.15, -0.1) is 0 Å². The topological polar surface area (TPSA) is 105 Å². The number of hydrogen-bond donors (Lipinski definition) is 3. The van der Waals surface area contributed by atoms with Gasteiger partial charge in [0.25, 0.3) is 0 Å². The zero-order valence-electron chi connectivity index (χ0n) is 55.0. The molecule has 0 aromatic carbocycles. The second kappa shape index (κ2) is 63.4. The van der Waals surface area contributed by atoms with Crippen LogP contribution in [0.25, 0.3) is 0 Å². The van der Waals surface area contributed by atoms with Crippen molar-refractivity contribution in [3.63, 3.8) is 0 Å². The van der Waals surface area contributed by atoms with E-state index in [0.717, 1.165) is 70.6 Å². The highest BCUT2D eigenvalue weighted by molar-refractivity contribution is 7.47. The van der Waals surface area contributed by atoms with Crippen LogP contribution in [0.2, 0.25) is 0 Å². The maximum Gasteiger partial charge on any atom is 0.472 e. The molecule has 0 bridgehead atoms. The highest BCUT2D eigenvalue weighted by Crippen LogP contribution is 2.43. The molecule has 0 aliphatic carbocycles. The van der Waals surface area contributed by atoms with Gasteiger partial charge < -0.3 is 19.8 Å². The van der Waals surface area contributed by atoms with Gasteiger partial charge in [-0.2, -0.15) is 0 Å². The Bertz CT molecular complexity index is 1570. The van der Waals surface area contributed by atoms with Gasteiger partial charge in [0, 0.05) is 6.42 Å². The Kier molecular flexibility index (Phi) is 61.8. The van der Waals surface area contributed by atoms with Crippen LogP contribution < -0.4 is 5.32 Å². The Morgan fingerprint density at radius 2 is 0.732 bits per heavy atom. The van der Waals surface area contributed by atoms with E-state index in [9.17, 15) is 19.4 Å². The van der Waals surface area contributed by atoms with E-state index in [2.05, 4.69) is 79.9 Å². The molecule has 0 saturated carbocycles. The van der Waals surface area contributed by atoms with E-state index in [1.165, 1.54) is 244 Å². The summed E-state index contributed by atoms with van der Waals surface area (Å²) in [6.45, 7) is 4.74. The van der Waals surface area contributed by atoms with Crippen molar-refractivity contribution in [2.45, 2.75) is 347 Å². The Morgan fingerprint density at radius 1 is 0.427 bits per heavy atom. The van der Waals surface area contributed by atoms with Crippen molar-refractivity contribution < 1.29 is 32.9 Å². The molecule has 82 heavy (non-hydrogen) atoms. The van der Waals surface area contributed by atoms with E-state index in [4.69, 9.17) is 9.05 Å². The number of nitrogens with zero attached hydrogens (tertiary/aromatic N) is 1. The third kappa shape index (κ3) is 65.5. The van der Waals surface area contributed by atoms with Gasteiger partial charge in [-0.3, -0.25) is 13.8 Å². The Hall–Kier alpha value is -2.06. The van der Waals surface area contributed by atoms with Crippen LogP contribution >= 0.6 is 7.82 Å². The molecule has 0 aliphatic heterocycles. The average Bonchev–Trinajstić information content (AvgIpc) is 3.46. The molecule has 0 radical (unpaired) electrons. The fourth-order valence-electron chi connectivity index (χ4n) is 10.5. The van der Waals surface area contributed by atoms with E-state index in [1.54, 1.807) is 6.08 Å². The van der Waals surface area contributed by atoms with Gasteiger partial charge >= 0.3 is 7.82 Å². The molecule has 0 aromatic rings. The summed E-state index contributed by atoms with van der Waals surface area (Å²) in [7, 11) is 1.58. The normalized spacial score (nSPS) is 14.1. The largest absolute Gasteiger partial charge is 0.472 e. The number of aliphatic hydroxyl groups excluding tert-OH is 1. The minimum atomic E-state index is -4.35. The lowest BCUT2D eigenvalue weighted by Gasteiger charge is -2.25. The summed E-state index contributed by atoms with van der Waals surface area (Å²) >= 11 is 0. The molecule has 0 rings (SSSR count). The number of phosphoric ester groups is 1. The Labute approximate surface area is 510 Å². The second-order valence-electron chi connectivity index (χ2n) is 25.2. The van der Waals surface area contributed by atoms with Gasteiger partial charge in [0.1, 0.15) is 13.2 Å². The third-order valence-electron chi connectivity index (χ3n) is 15.9. The minimum Gasteiger partial charge on any atom is -0.387 e. The lowest BCUT2D eigenvalue weighted by molar-refractivity contribution is -0.870. The molecule has 0 aromatic heterocycles. The van der Waals surface area contributed by atoms with Crippen LogP contribution in [0.3, 0.4) is 0 Å². The number of amides is 1. The summed E-state index contributed by atoms with van der Waals surface area (Å²) in [5.41, 5.74) is 0. The monoisotopic (exact) mass is 1170 g/mol. The Balaban J connectivity index is 3.96. The molecule has 1 amide bonds. The van der Waals surface area contributed by atoms with Crippen molar-refractivity contribution in [1.82, 2.24) is 5.32 Å². The van der Waals surface area contributed by atoms with Crippen molar-refractivity contribution in [2.75, 3.05) is 40.9 Å². The van der Waals surface area contributed by atoms with Gasteiger partial charge in [-0.05, 0) is 64.2 Å². The first-order chi connectivity index (χ1) is 40.0. The maximum atomic E-state index is 13.0. The van der Waals surface area contributed by atoms with Gasteiger partial charge in [0.2, 0.25) is 5.91 Å². The van der Waals surface area contributed by atoms with E-state index in [0.29, 0.717) is 17.4 Å². The van der Waals surface area contributed by atoms with Crippen molar-refractivity contribution in [1.29, 1.82) is 0 Å². The number of nitrogens with one attached hydrogen (secondary N) is 1. The van der Waals surface area contributed by atoms with Crippen LogP contribution in [-0.4, -0.2) is 73.4 Å². The SMILES string of the molecule is CC/C=C\C/C=C\C/C=C\C/C=C\C/C=C\CCCCCCCCCCCCCCCCCCCCCCCCCC(=O)NC(COP(=O)(O)OCC[N+](C)(C)C)C(O)/C=C/CCCCCCCCCCCCCCCCCCCCC. The molecule has 0 spiro atoms. The number of allylic oxidation sites excluding steroid dienone is 11.